The SMILES string of the molecule is CC1(C)CCC(NC(=O)C2CCC(N)CC2)C1. The minimum Gasteiger partial charge on any atom is -0.353 e. The first-order valence-electron chi connectivity index (χ1n) is 7.02. The van der Waals surface area contributed by atoms with Gasteiger partial charge in [0.1, 0.15) is 0 Å². The predicted molar refractivity (Wildman–Crippen MR) is 69.5 cm³/mol. The van der Waals surface area contributed by atoms with Gasteiger partial charge in [0.25, 0.3) is 0 Å². The van der Waals surface area contributed by atoms with Crippen molar-refractivity contribution >= 4 is 5.91 Å². The number of carbonyl (C=O) groups is 1. The van der Waals surface area contributed by atoms with Crippen LogP contribution in [0.15, 0.2) is 0 Å². The lowest BCUT2D eigenvalue weighted by Gasteiger charge is -2.26. The highest BCUT2D eigenvalue weighted by atomic mass is 16.1. The Bertz CT molecular complexity index is 280. The molecule has 2 saturated carbocycles. The molecule has 2 fully saturated rings. The number of nitrogens with one attached hydrogen (secondary N) is 1. The molecule has 0 heterocycles. The van der Waals surface area contributed by atoms with E-state index in [0.29, 0.717) is 17.5 Å². The van der Waals surface area contributed by atoms with Crippen molar-refractivity contribution in [3.63, 3.8) is 0 Å². The first-order chi connectivity index (χ1) is 7.96. The monoisotopic (exact) mass is 238 g/mol. The topological polar surface area (TPSA) is 55.1 Å². The summed E-state index contributed by atoms with van der Waals surface area (Å²) in [4.78, 5) is 12.1. The molecule has 98 valence electrons. The Kier molecular flexibility index (Phi) is 3.76. The molecule has 0 saturated heterocycles. The van der Waals surface area contributed by atoms with Crippen LogP contribution in [-0.4, -0.2) is 18.0 Å². The number of hydrogen-bond donors (Lipinski definition) is 2. The highest BCUT2D eigenvalue weighted by Crippen LogP contribution is 2.37. The van der Waals surface area contributed by atoms with Crippen LogP contribution in [0.1, 0.15) is 58.8 Å². The summed E-state index contributed by atoms with van der Waals surface area (Å²) < 4.78 is 0. The van der Waals surface area contributed by atoms with Gasteiger partial charge in [-0.2, -0.15) is 0 Å². The number of carbonyl (C=O) groups excluding carboxylic acids is 1. The van der Waals surface area contributed by atoms with Gasteiger partial charge >= 0.3 is 0 Å². The van der Waals surface area contributed by atoms with Gasteiger partial charge in [0.05, 0.1) is 0 Å². The summed E-state index contributed by atoms with van der Waals surface area (Å²) in [6.07, 6.45) is 7.47. The fraction of sp³-hybridized carbons (Fsp3) is 0.929. The van der Waals surface area contributed by atoms with Crippen molar-refractivity contribution in [2.75, 3.05) is 0 Å². The van der Waals surface area contributed by atoms with Crippen LogP contribution in [0.4, 0.5) is 0 Å². The molecule has 2 rings (SSSR count). The molecule has 1 atom stereocenters. The van der Waals surface area contributed by atoms with E-state index in [-0.39, 0.29) is 11.8 Å². The van der Waals surface area contributed by atoms with Crippen LogP contribution in [0.3, 0.4) is 0 Å². The van der Waals surface area contributed by atoms with Crippen molar-refractivity contribution in [1.29, 1.82) is 0 Å². The van der Waals surface area contributed by atoms with Gasteiger partial charge in [-0.25, -0.2) is 0 Å². The zero-order chi connectivity index (χ0) is 12.5. The van der Waals surface area contributed by atoms with Crippen molar-refractivity contribution in [3.8, 4) is 0 Å². The van der Waals surface area contributed by atoms with Gasteiger partial charge in [0, 0.05) is 18.0 Å². The summed E-state index contributed by atoms with van der Waals surface area (Å²) in [5, 5.41) is 3.24. The van der Waals surface area contributed by atoms with Gasteiger partial charge in [0.2, 0.25) is 5.91 Å². The van der Waals surface area contributed by atoms with Gasteiger partial charge < -0.3 is 11.1 Å². The second-order valence-corrected chi connectivity index (χ2v) is 6.72. The average Bonchev–Trinajstić information content (AvgIpc) is 2.59. The lowest BCUT2D eigenvalue weighted by Crippen LogP contribution is -2.40. The zero-order valence-corrected chi connectivity index (χ0v) is 11.2. The van der Waals surface area contributed by atoms with E-state index in [1.54, 1.807) is 0 Å². The number of hydrogen-bond acceptors (Lipinski definition) is 2. The third kappa shape index (κ3) is 3.44. The summed E-state index contributed by atoms with van der Waals surface area (Å²) in [6, 6.07) is 0.734. The van der Waals surface area contributed by atoms with Crippen molar-refractivity contribution in [1.82, 2.24) is 5.32 Å². The van der Waals surface area contributed by atoms with E-state index in [9.17, 15) is 4.79 Å². The molecule has 0 aromatic heterocycles. The third-order valence-corrected chi connectivity index (χ3v) is 4.46. The Labute approximate surface area is 105 Å². The van der Waals surface area contributed by atoms with E-state index in [1.807, 2.05) is 0 Å². The molecular formula is C14H26N2O. The lowest BCUT2D eigenvalue weighted by atomic mass is 9.85. The van der Waals surface area contributed by atoms with Gasteiger partial charge in [-0.15, -0.1) is 0 Å². The maximum atomic E-state index is 12.1. The summed E-state index contributed by atoms with van der Waals surface area (Å²) in [5.41, 5.74) is 6.27. The molecule has 0 aromatic carbocycles. The predicted octanol–water partition coefficient (Wildman–Crippen LogP) is 2.20. The molecule has 3 nitrogen and oxygen atoms in total. The van der Waals surface area contributed by atoms with E-state index >= 15 is 0 Å². The maximum Gasteiger partial charge on any atom is 0.223 e. The molecule has 0 spiro atoms. The second-order valence-electron chi connectivity index (χ2n) is 6.72. The van der Waals surface area contributed by atoms with E-state index in [0.717, 1.165) is 38.5 Å². The highest BCUT2D eigenvalue weighted by molar-refractivity contribution is 5.79. The van der Waals surface area contributed by atoms with Crippen LogP contribution in [-0.2, 0) is 4.79 Å². The normalized spacial score (nSPS) is 36.8. The van der Waals surface area contributed by atoms with Crippen LogP contribution in [0.2, 0.25) is 0 Å². The maximum absolute atomic E-state index is 12.1. The molecule has 3 heteroatoms. The Morgan fingerprint density at radius 3 is 2.35 bits per heavy atom. The summed E-state index contributed by atoms with van der Waals surface area (Å²) >= 11 is 0. The molecular weight excluding hydrogens is 212 g/mol. The molecule has 0 radical (unpaired) electrons. The summed E-state index contributed by atoms with van der Waals surface area (Å²) in [5.74, 6) is 0.498. The van der Waals surface area contributed by atoms with E-state index in [1.165, 1.54) is 6.42 Å². The molecule has 0 bridgehead atoms. The van der Waals surface area contributed by atoms with E-state index in [4.69, 9.17) is 5.73 Å². The standard InChI is InChI=1S/C14H26N2O/c1-14(2)8-7-12(9-14)16-13(17)10-3-5-11(15)6-4-10/h10-12H,3-9,15H2,1-2H3,(H,16,17). The highest BCUT2D eigenvalue weighted by Gasteiger charge is 2.33. The minimum atomic E-state index is 0.221. The van der Waals surface area contributed by atoms with Crippen LogP contribution in [0.5, 0.6) is 0 Å². The smallest absolute Gasteiger partial charge is 0.223 e. The molecule has 3 N–H and O–H groups in total. The molecule has 1 amide bonds. The largest absolute Gasteiger partial charge is 0.353 e. The molecule has 17 heavy (non-hydrogen) atoms. The lowest BCUT2D eigenvalue weighted by molar-refractivity contribution is -0.126. The zero-order valence-electron chi connectivity index (χ0n) is 11.2. The first-order valence-corrected chi connectivity index (χ1v) is 7.02. The fourth-order valence-electron chi connectivity index (χ4n) is 3.26. The molecule has 2 aliphatic carbocycles. The van der Waals surface area contributed by atoms with Gasteiger partial charge in [-0.1, -0.05) is 13.8 Å². The fourth-order valence-corrected chi connectivity index (χ4v) is 3.26. The van der Waals surface area contributed by atoms with Crippen molar-refractivity contribution < 1.29 is 4.79 Å². The summed E-state index contributed by atoms with van der Waals surface area (Å²) in [7, 11) is 0. The second kappa shape index (κ2) is 4.97. The van der Waals surface area contributed by atoms with Crippen LogP contribution < -0.4 is 11.1 Å². The van der Waals surface area contributed by atoms with Crippen molar-refractivity contribution in [2.45, 2.75) is 70.9 Å². The van der Waals surface area contributed by atoms with Gasteiger partial charge in [0.15, 0.2) is 0 Å². The number of nitrogens with two attached hydrogens (primary N) is 1. The van der Waals surface area contributed by atoms with Gasteiger partial charge in [-0.3, -0.25) is 4.79 Å². The summed E-state index contributed by atoms with van der Waals surface area (Å²) in [6.45, 7) is 4.58. The Morgan fingerprint density at radius 1 is 1.18 bits per heavy atom. The molecule has 0 aromatic rings. The van der Waals surface area contributed by atoms with Crippen LogP contribution in [0.25, 0.3) is 0 Å². The number of amides is 1. The van der Waals surface area contributed by atoms with Crippen molar-refractivity contribution in [2.24, 2.45) is 17.1 Å². The van der Waals surface area contributed by atoms with Crippen molar-refractivity contribution in [3.05, 3.63) is 0 Å². The minimum absolute atomic E-state index is 0.221. The first kappa shape index (κ1) is 12.9. The van der Waals surface area contributed by atoms with Gasteiger partial charge in [-0.05, 0) is 50.4 Å². The molecule has 2 aliphatic rings. The molecule has 0 aliphatic heterocycles. The quantitative estimate of drug-likeness (QED) is 0.775. The Balaban J connectivity index is 1.78. The molecule has 1 unspecified atom stereocenters. The average molecular weight is 238 g/mol. The van der Waals surface area contributed by atoms with E-state index in [2.05, 4.69) is 19.2 Å². The number of rotatable bonds is 2. The Morgan fingerprint density at radius 2 is 1.82 bits per heavy atom. The van der Waals surface area contributed by atoms with Crippen LogP contribution in [0, 0.1) is 11.3 Å². The van der Waals surface area contributed by atoms with E-state index < -0.39 is 0 Å². The van der Waals surface area contributed by atoms with Crippen LogP contribution >= 0.6 is 0 Å². The third-order valence-electron chi connectivity index (χ3n) is 4.46. The Hall–Kier alpha value is -0.570.